The molecular formula is C16H20Cl2N2O3. The van der Waals surface area contributed by atoms with Crippen LogP contribution in [0.5, 0.6) is 0 Å². The third-order valence-electron chi connectivity index (χ3n) is 3.84. The van der Waals surface area contributed by atoms with Crippen LogP contribution in [-0.2, 0) is 9.53 Å². The summed E-state index contributed by atoms with van der Waals surface area (Å²) >= 11 is 12.1. The number of methoxy groups -OCH3 is 1. The number of piperazine rings is 1. The van der Waals surface area contributed by atoms with Gasteiger partial charge < -0.3 is 14.5 Å². The summed E-state index contributed by atoms with van der Waals surface area (Å²) in [6, 6.07) is 5.02. The number of hydrogen-bond donors (Lipinski definition) is 0. The van der Waals surface area contributed by atoms with Crippen LogP contribution in [0.15, 0.2) is 18.2 Å². The summed E-state index contributed by atoms with van der Waals surface area (Å²) in [7, 11) is 1.62. The van der Waals surface area contributed by atoms with E-state index in [-0.39, 0.29) is 16.8 Å². The molecule has 1 fully saturated rings. The van der Waals surface area contributed by atoms with E-state index in [1.54, 1.807) is 35.1 Å². The van der Waals surface area contributed by atoms with Gasteiger partial charge in [0.05, 0.1) is 15.6 Å². The molecule has 0 unspecified atom stereocenters. The van der Waals surface area contributed by atoms with Crippen LogP contribution >= 0.6 is 23.2 Å². The number of carbonyl (C=O) groups is 2. The molecule has 126 valence electrons. The first-order chi connectivity index (χ1) is 11.0. The fourth-order valence-corrected chi connectivity index (χ4v) is 2.91. The summed E-state index contributed by atoms with van der Waals surface area (Å²) in [4.78, 5) is 28.1. The van der Waals surface area contributed by atoms with Crippen molar-refractivity contribution in [3.8, 4) is 0 Å². The lowest BCUT2D eigenvalue weighted by atomic mass is 10.1. The van der Waals surface area contributed by atoms with Crippen LogP contribution in [0, 0.1) is 0 Å². The lowest BCUT2D eigenvalue weighted by Crippen LogP contribution is -2.50. The van der Waals surface area contributed by atoms with E-state index in [0.29, 0.717) is 56.2 Å². The van der Waals surface area contributed by atoms with Gasteiger partial charge >= 0.3 is 0 Å². The number of benzene rings is 1. The molecule has 0 saturated carbocycles. The first-order valence-corrected chi connectivity index (χ1v) is 8.30. The van der Waals surface area contributed by atoms with Gasteiger partial charge in [0.25, 0.3) is 5.91 Å². The van der Waals surface area contributed by atoms with Gasteiger partial charge in [0.2, 0.25) is 5.91 Å². The third kappa shape index (κ3) is 4.59. The number of halogens is 2. The van der Waals surface area contributed by atoms with Crippen LogP contribution in [0.25, 0.3) is 0 Å². The molecule has 0 atom stereocenters. The van der Waals surface area contributed by atoms with Gasteiger partial charge in [0, 0.05) is 46.3 Å². The van der Waals surface area contributed by atoms with Gasteiger partial charge in [0.15, 0.2) is 0 Å². The monoisotopic (exact) mass is 358 g/mol. The quantitative estimate of drug-likeness (QED) is 0.760. The van der Waals surface area contributed by atoms with Crippen LogP contribution in [0.2, 0.25) is 10.0 Å². The number of amides is 2. The first-order valence-electron chi connectivity index (χ1n) is 7.54. The normalized spacial score (nSPS) is 14.9. The van der Waals surface area contributed by atoms with Gasteiger partial charge in [-0.05, 0) is 18.6 Å². The van der Waals surface area contributed by atoms with Crippen LogP contribution < -0.4 is 0 Å². The molecule has 2 rings (SSSR count). The molecule has 5 nitrogen and oxygen atoms in total. The van der Waals surface area contributed by atoms with E-state index >= 15 is 0 Å². The van der Waals surface area contributed by atoms with E-state index in [4.69, 9.17) is 27.9 Å². The highest BCUT2D eigenvalue weighted by Gasteiger charge is 2.26. The van der Waals surface area contributed by atoms with E-state index < -0.39 is 0 Å². The number of nitrogens with zero attached hydrogens (tertiary/aromatic N) is 2. The van der Waals surface area contributed by atoms with Gasteiger partial charge in [-0.25, -0.2) is 0 Å². The van der Waals surface area contributed by atoms with Gasteiger partial charge in [-0.2, -0.15) is 0 Å². The number of ether oxygens (including phenoxy) is 1. The Balaban J connectivity index is 1.90. The molecule has 1 saturated heterocycles. The van der Waals surface area contributed by atoms with Crippen molar-refractivity contribution in [3.63, 3.8) is 0 Å². The van der Waals surface area contributed by atoms with Crippen molar-refractivity contribution in [2.24, 2.45) is 0 Å². The lowest BCUT2D eigenvalue weighted by molar-refractivity contribution is -0.133. The van der Waals surface area contributed by atoms with Crippen molar-refractivity contribution in [2.45, 2.75) is 12.8 Å². The van der Waals surface area contributed by atoms with Crippen LogP contribution in [0.3, 0.4) is 0 Å². The van der Waals surface area contributed by atoms with E-state index in [1.165, 1.54) is 0 Å². The number of carbonyl (C=O) groups excluding carboxylic acids is 2. The third-order valence-corrected chi connectivity index (χ3v) is 4.66. The van der Waals surface area contributed by atoms with Gasteiger partial charge in [-0.1, -0.05) is 29.3 Å². The maximum atomic E-state index is 12.5. The molecule has 1 aromatic rings. The van der Waals surface area contributed by atoms with Crippen molar-refractivity contribution in [3.05, 3.63) is 33.8 Å². The molecule has 2 amide bonds. The summed E-state index contributed by atoms with van der Waals surface area (Å²) in [5.41, 5.74) is 0.402. The minimum Gasteiger partial charge on any atom is -0.385 e. The highest BCUT2D eigenvalue weighted by molar-refractivity contribution is 6.43. The minimum absolute atomic E-state index is 0.106. The van der Waals surface area contributed by atoms with E-state index in [2.05, 4.69) is 0 Å². The average Bonchev–Trinajstić information content (AvgIpc) is 2.57. The Morgan fingerprint density at radius 3 is 2.43 bits per heavy atom. The van der Waals surface area contributed by atoms with Gasteiger partial charge in [-0.3, -0.25) is 9.59 Å². The Labute approximate surface area is 146 Å². The maximum absolute atomic E-state index is 12.5. The van der Waals surface area contributed by atoms with Crippen LogP contribution in [0.4, 0.5) is 0 Å². The Kier molecular flexibility index (Phi) is 6.69. The summed E-state index contributed by atoms with van der Waals surface area (Å²) in [5.74, 6) is -0.0427. The largest absolute Gasteiger partial charge is 0.385 e. The molecule has 0 radical (unpaired) electrons. The highest BCUT2D eigenvalue weighted by Crippen LogP contribution is 2.26. The predicted molar refractivity (Wildman–Crippen MR) is 90.1 cm³/mol. The van der Waals surface area contributed by atoms with Gasteiger partial charge in [0.1, 0.15) is 0 Å². The zero-order valence-corrected chi connectivity index (χ0v) is 14.6. The molecule has 1 aromatic carbocycles. The fourth-order valence-electron chi connectivity index (χ4n) is 2.52. The van der Waals surface area contributed by atoms with Crippen molar-refractivity contribution >= 4 is 35.0 Å². The SMILES string of the molecule is COCCCC(=O)N1CCN(C(=O)c2cccc(Cl)c2Cl)CC1. The second-order valence-corrected chi connectivity index (χ2v) is 6.16. The van der Waals surface area contributed by atoms with Gasteiger partial charge in [-0.15, -0.1) is 0 Å². The van der Waals surface area contributed by atoms with E-state index in [9.17, 15) is 9.59 Å². The smallest absolute Gasteiger partial charge is 0.255 e. The van der Waals surface area contributed by atoms with E-state index in [0.717, 1.165) is 0 Å². The van der Waals surface area contributed by atoms with Crippen molar-refractivity contribution in [1.29, 1.82) is 0 Å². The fraction of sp³-hybridized carbons (Fsp3) is 0.500. The van der Waals surface area contributed by atoms with Crippen LogP contribution in [-0.4, -0.2) is 61.5 Å². The predicted octanol–water partition coefficient (Wildman–Crippen LogP) is 2.70. The zero-order valence-electron chi connectivity index (χ0n) is 13.1. The Hall–Kier alpha value is -1.30. The summed E-state index contributed by atoms with van der Waals surface area (Å²) in [5, 5.41) is 0.640. The maximum Gasteiger partial charge on any atom is 0.255 e. The molecular weight excluding hydrogens is 339 g/mol. The molecule has 0 spiro atoms. The Bertz CT molecular complexity index is 572. The summed E-state index contributed by atoms with van der Waals surface area (Å²) in [6.45, 7) is 2.65. The Morgan fingerprint density at radius 1 is 1.13 bits per heavy atom. The number of hydrogen-bond acceptors (Lipinski definition) is 3. The summed E-state index contributed by atoms with van der Waals surface area (Å²) in [6.07, 6.45) is 1.19. The molecule has 23 heavy (non-hydrogen) atoms. The number of rotatable bonds is 5. The second-order valence-electron chi connectivity index (χ2n) is 5.37. The summed E-state index contributed by atoms with van der Waals surface area (Å²) < 4.78 is 4.95. The molecule has 0 bridgehead atoms. The standard InChI is InChI=1S/C16H20Cl2N2O3/c1-23-11-3-6-14(21)19-7-9-20(10-8-19)16(22)12-4-2-5-13(17)15(12)18/h2,4-5H,3,6-11H2,1H3. The van der Waals surface area contributed by atoms with E-state index in [1.807, 2.05) is 0 Å². The molecule has 0 N–H and O–H groups in total. The second kappa shape index (κ2) is 8.52. The van der Waals surface area contributed by atoms with Crippen molar-refractivity contribution in [1.82, 2.24) is 9.80 Å². The lowest BCUT2D eigenvalue weighted by Gasteiger charge is -2.35. The molecule has 1 heterocycles. The van der Waals surface area contributed by atoms with Crippen molar-refractivity contribution < 1.29 is 14.3 Å². The first kappa shape index (κ1) is 18.0. The molecule has 1 aliphatic rings. The average molecular weight is 359 g/mol. The zero-order chi connectivity index (χ0) is 16.8. The molecule has 1 aliphatic heterocycles. The van der Waals surface area contributed by atoms with Crippen LogP contribution in [0.1, 0.15) is 23.2 Å². The molecule has 0 aliphatic carbocycles. The molecule has 7 heteroatoms. The molecule has 0 aromatic heterocycles. The topological polar surface area (TPSA) is 49.9 Å². The van der Waals surface area contributed by atoms with Crippen molar-refractivity contribution in [2.75, 3.05) is 39.9 Å². The Morgan fingerprint density at radius 2 is 1.78 bits per heavy atom. The minimum atomic E-state index is -0.149. The highest BCUT2D eigenvalue weighted by atomic mass is 35.5.